The van der Waals surface area contributed by atoms with E-state index in [0.29, 0.717) is 30.0 Å². The Morgan fingerprint density at radius 3 is 2.32 bits per heavy atom. The molecule has 2 fully saturated rings. The van der Waals surface area contributed by atoms with E-state index >= 15 is 0 Å². The highest BCUT2D eigenvalue weighted by Gasteiger charge is 2.56. The zero-order valence-corrected chi connectivity index (χ0v) is 15.7. The van der Waals surface area contributed by atoms with Gasteiger partial charge in [0, 0.05) is 18.0 Å². The monoisotopic (exact) mass is 381 g/mol. The minimum atomic E-state index is -0.962. The average Bonchev–Trinajstić information content (AvgIpc) is 3.16. The highest BCUT2D eigenvalue weighted by atomic mass is 16.5. The minimum Gasteiger partial charge on any atom is -0.497 e. The molecule has 2 aliphatic rings. The summed E-state index contributed by atoms with van der Waals surface area (Å²) in [5, 5.41) is 11.0. The van der Waals surface area contributed by atoms with Gasteiger partial charge in [0.15, 0.2) is 0 Å². The number of carbonyl (C=O) groups excluding carboxylic acids is 2. The first-order valence-corrected chi connectivity index (χ1v) is 9.50. The van der Waals surface area contributed by atoms with Crippen molar-refractivity contribution >= 4 is 17.4 Å². The Morgan fingerprint density at radius 1 is 1.04 bits per heavy atom. The second kappa shape index (κ2) is 7.64. The van der Waals surface area contributed by atoms with Gasteiger partial charge in [-0.1, -0.05) is 18.2 Å². The highest BCUT2D eigenvalue weighted by Crippen LogP contribution is 2.38. The Kier molecular flexibility index (Phi) is 5.05. The summed E-state index contributed by atoms with van der Waals surface area (Å²) < 4.78 is 11.1. The van der Waals surface area contributed by atoms with Crippen molar-refractivity contribution in [3.8, 4) is 11.5 Å². The lowest BCUT2D eigenvalue weighted by Crippen LogP contribution is -2.72. The number of hydrogen-bond donors (Lipinski definition) is 1. The number of anilines is 1. The molecular weight excluding hydrogens is 358 g/mol. The molecule has 1 amide bonds. The quantitative estimate of drug-likeness (QED) is 0.779. The number of methoxy groups -OCH3 is 1. The number of benzene rings is 2. The number of para-hydroxylation sites is 1. The molecule has 1 aliphatic heterocycles. The molecule has 146 valence electrons. The molecule has 1 saturated heterocycles. The third kappa shape index (κ3) is 3.24. The number of ketones is 1. The second-order valence-electron chi connectivity index (χ2n) is 7.20. The maximum atomic E-state index is 12.9. The lowest BCUT2D eigenvalue weighted by molar-refractivity contribution is -0.142. The predicted octanol–water partition coefficient (Wildman–Crippen LogP) is 2.59. The van der Waals surface area contributed by atoms with Crippen LogP contribution in [0, 0.1) is 5.92 Å². The van der Waals surface area contributed by atoms with Gasteiger partial charge in [-0.25, -0.2) is 0 Å². The van der Waals surface area contributed by atoms with E-state index in [1.165, 1.54) is 0 Å². The molecular formula is C22H23NO5. The van der Waals surface area contributed by atoms with E-state index in [2.05, 4.69) is 0 Å². The number of Topliss-reactive ketones (excluding diaryl/α,β-unsaturated/α-hetero) is 1. The fourth-order valence-electron chi connectivity index (χ4n) is 4.07. The molecule has 1 aliphatic carbocycles. The Hall–Kier alpha value is -2.86. The number of aliphatic hydroxyl groups is 1. The smallest absolute Gasteiger partial charge is 0.270 e. The molecule has 2 aromatic rings. The van der Waals surface area contributed by atoms with Crippen LogP contribution in [-0.4, -0.2) is 42.2 Å². The lowest BCUT2D eigenvalue weighted by atomic mass is 9.83. The van der Waals surface area contributed by atoms with Gasteiger partial charge in [-0.3, -0.25) is 14.5 Å². The molecule has 1 saturated carbocycles. The van der Waals surface area contributed by atoms with E-state index in [1.807, 2.05) is 30.3 Å². The molecule has 1 N–H and O–H groups in total. The van der Waals surface area contributed by atoms with Crippen LogP contribution in [-0.2, 0) is 9.59 Å². The van der Waals surface area contributed by atoms with Crippen molar-refractivity contribution in [2.45, 2.75) is 37.5 Å². The number of amides is 1. The van der Waals surface area contributed by atoms with Gasteiger partial charge in [0.1, 0.15) is 23.3 Å². The van der Waals surface area contributed by atoms with E-state index in [-0.39, 0.29) is 11.7 Å². The van der Waals surface area contributed by atoms with Crippen LogP contribution >= 0.6 is 0 Å². The lowest BCUT2D eigenvalue weighted by Gasteiger charge is -2.49. The Morgan fingerprint density at radius 2 is 1.71 bits per heavy atom. The standard InChI is InChI=1S/C22H23NO5/c1-27-15-10-12-16(13-11-15)28-21-19(20(25)17-8-5-9-18(17)24)23(22(21)26)14-6-3-2-4-7-14/h2-4,6-7,10-13,17,19-21,25H,5,8-9H2,1H3/t17-,19-,20-,21+/m0/s1. The van der Waals surface area contributed by atoms with E-state index < -0.39 is 24.2 Å². The van der Waals surface area contributed by atoms with Gasteiger partial charge in [-0.2, -0.15) is 0 Å². The summed E-state index contributed by atoms with van der Waals surface area (Å²) in [5.74, 6) is 0.582. The molecule has 4 rings (SSSR count). The van der Waals surface area contributed by atoms with Gasteiger partial charge in [-0.15, -0.1) is 0 Å². The summed E-state index contributed by atoms with van der Waals surface area (Å²) in [6.07, 6.45) is 0.102. The molecule has 0 bridgehead atoms. The van der Waals surface area contributed by atoms with Gasteiger partial charge in [0.05, 0.1) is 13.2 Å². The summed E-state index contributed by atoms with van der Waals surface area (Å²) in [6.45, 7) is 0. The van der Waals surface area contributed by atoms with Gasteiger partial charge < -0.3 is 14.6 Å². The van der Waals surface area contributed by atoms with Crippen molar-refractivity contribution in [1.29, 1.82) is 0 Å². The number of carbonyl (C=O) groups is 2. The van der Waals surface area contributed by atoms with Gasteiger partial charge in [0.2, 0.25) is 6.10 Å². The molecule has 0 unspecified atom stereocenters. The summed E-state index contributed by atoms with van der Waals surface area (Å²) in [7, 11) is 1.58. The molecule has 4 atom stereocenters. The normalized spacial score (nSPS) is 25.4. The maximum absolute atomic E-state index is 12.9. The van der Waals surface area contributed by atoms with Gasteiger partial charge in [-0.05, 0) is 49.2 Å². The van der Waals surface area contributed by atoms with Crippen molar-refractivity contribution in [3.63, 3.8) is 0 Å². The fraction of sp³-hybridized carbons (Fsp3) is 0.364. The molecule has 28 heavy (non-hydrogen) atoms. The molecule has 6 heteroatoms. The van der Waals surface area contributed by atoms with E-state index in [0.717, 1.165) is 6.42 Å². The molecule has 0 spiro atoms. The van der Waals surface area contributed by atoms with Crippen LogP contribution in [0.1, 0.15) is 19.3 Å². The van der Waals surface area contributed by atoms with Crippen LogP contribution in [0.5, 0.6) is 11.5 Å². The second-order valence-corrected chi connectivity index (χ2v) is 7.20. The Bertz CT molecular complexity index is 851. The van der Waals surface area contributed by atoms with Crippen LogP contribution in [0.4, 0.5) is 5.69 Å². The zero-order chi connectivity index (χ0) is 19.7. The fourth-order valence-corrected chi connectivity index (χ4v) is 4.07. The molecule has 1 heterocycles. The number of ether oxygens (including phenoxy) is 2. The van der Waals surface area contributed by atoms with E-state index in [1.54, 1.807) is 36.3 Å². The van der Waals surface area contributed by atoms with Crippen molar-refractivity contribution in [2.75, 3.05) is 12.0 Å². The maximum Gasteiger partial charge on any atom is 0.270 e. The topological polar surface area (TPSA) is 76.1 Å². The van der Waals surface area contributed by atoms with Crippen molar-refractivity contribution < 1.29 is 24.2 Å². The third-order valence-corrected chi connectivity index (χ3v) is 5.56. The van der Waals surface area contributed by atoms with Crippen LogP contribution in [0.25, 0.3) is 0 Å². The van der Waals surface area contributed by atoms with Crippen LogP contribution < -0.4 is 14.4 Å². The summed E-state index contributed by atoms with van der Waals surface area (Å²) in [4.78, 5) is 26.6. The SMILES string of the molecule is COc1ccc(O[C@H]2C(=O)N(c3ccccc3)[C@H]2[C@@H](O)[C@H]2CCCC2=O)cc1. The number of aliphatic hydroxyl groups excluding tert-OH is 1. The van der Waals surface area contributed by atoms with E-state index in [9.17, 15) is 14.7 Å². The Balaban J connectivity index is 1.60. The largest absolute Gasteiger partial charge is 0.497 e. The van der Waals surface area contributed by atoms with Crippen molar-refractivity contribution in [1.82, 2.24) is 0 Å². The van der Waals surface area contributed by atoms with E-state index in [4.69, 9.17) is 9.47 Å². The number of rotatable bonds is 6. The minimum absolute atomic E-state index is 0.0584. The molecule has 0 aromatic heterocycles. The number of β-lactam (4-membered cyclic amide) rings is 1. The number of nitrogens with zero attached hydrogens (tertiary/aromatic N) is 1. The van der Waals surface area contributed by atoms with Crippen molar-refractivity contribution in [3.05, 3.63) is 54.6 Å². The first kappa shape index (κ1) is 18.5. The average molecular weight is 381 g/mol. The molecule has 0 radical (unpaired) electrons. The van der Waals surface area contributed by atoms with Gasteiger partial charge in [0.25, 0.3) is 5.91 Å². The Labute approximate surface area is 163 Å². The molecule has 2 aromatic carbocycles. The predicted molar refractivity (Wildman–Crippen MR) is 103 cm³/mol. The third-order valence-electron chi connectivity index (χ3n) is 5.56. The zero-order valence-electron chi connectivity index (χ0n) is 15.7. The van der Waals surface area contributed by atoms with Crippen LogP contribution in [0.15, 0.2) is 54.6 Å². The van der Waals surface area contributed by atoms with Crippen LogP contribution in [0.3, 0.4) is 0 Å². The van der Waals surface area contributed by atoms with Crippen molar-refractivity contribution in [2.24, 2.45) is 5.92 Å². The summed E-state index contributed by atoms with van der Waals surface area (Å²) in [5.41, 5.74) is 0.691. The first-order chi connectivity index (χ1) is 13.6. The van der Waals surface area contributed by atoms with Crippen LogP contribution in [0.2, 0.25) is 0 Å². The summed E-state index contributed by atoms with van der Waals surface area (Å²) in [6, 6.07) is 15.5. The summed E-state index contributed by atoms with van der Waals surface area (Å²) >= 11 is 0. The number of hydrogen-bond acceptors (Lipinski definition) is 5. The van der Waals surface area contributed by atoms with Gasteiger partial charge >= 0.3 is 0 Å². The first-order valence-electron chi connectivity index (χ1n) is 9.50. The highest BCUT2D eigenvalue weighted by molar-refractivity contribution is 6.05. The molecule has 6 nitrogen and oxygen atoms in total.